The van der Waals surface area contributed by atoms with E-state index in [1.807, 2.05) is 0 Å². The second kappa shape index (κ2) is 5.13. The van der Waals surface area contributed by atoms with E-state index in [4.69, 9.17) is 39.2 Å². The number of hydrogen-bond donors (Lipinski definition) is 0. The SMILES string of the molecule is O=C(c1cc2cc(Cl)ccc2o1)c1ccc(Cl)cc1Cl. The Hall–Kier alpha value is -1.48. The topological polar surface area (TPSA) is 30.2 Å². The maximum Gasteiger partial charge on any atom is 0.229 e. The molecule has 0 amide bonds. The number of fused-ring (bicyclic) bond motifs is 1. The zero-order chi connectivity index (χ0) is 14.3. The average Bonchev–Trinajstić information content (AvgIpc) is 2.81. The Kier molecular flexibility index (Phi) is 3.47. The van der Waals surface area contributed by atoms with Crippen molar-refractivity contribution in [3.8, 4) is 0 Å². The summed E-state index contributed by atoms with van der Waals surface area (Å²) in [6.07, 6.45) is 0. The molecule has 2 nitrogen and oxygen atoms in total. The summed E-state index contributed by atoms with van der Waals surface area (Å²) in [5.41, 5.74) is 0.948. The lowest BCUT2D eigenvalue weighted by molar-refractivity contribution is 0.101. The summed E-state index contributed by atoms with van der Waals surface area (Å²) in [7, 11) is 0. The molecular weight excluding hydrogens is 319 g/mol. The second-order valence-corrected chi connectivity index (χ2v) is 5.53. The predicted octanol–water partition coefficient (Wildman–Crippen LogP) is 5.62. The third-order valence-corrected chi connectivity index (χ3v) is 3.66. The molecule has 0 spiro atoms. The van der Waals surface area contributed by atoms with Crippen molar-refractivity contribution in [2.75, 3.05) is 0 Å². The van der Waals surface area contributed by atoms with E-state index in [1.54, 1.807) is 36.4 Å². The molecular formula is C15H7Cl3O2. The molecule has 0 fully saturated rings. The van der Waals surface area contributed by atoms with Crippen LogP contribution in [0.3, 0.4) is 0 Å². The fourth-order valence-corrected chi connectivity index (χ4v) is 2.61. The average molecular weight is 326 g/mol. The van der Waals surface area contributed by atoms with Gasteiger partial charge in [0.2, 0.25) is 5.78 Å². The Morgan fingerprint density at radius 3 is 2.35 bits per heavy atom. The summed E-state index contributed by atoms with van der Waals surface area (Å²) in [5, 5.41) is 2.12. The summed E-state index contributed by atoms with van der Waals surface area (Å²) in [4.78, 5) is 12.4. The van der Waals surface area contributed by atoms with Crippen LogP contribution in [0, 0.1) is 0 Å². The van der Waals surface area contributed by atoms with Gasteiger partial charge in [-0.1, -0.05) is 34.8 Å². The number of ketones is 1. The number of benzene rings is 2. The Labute approximate surface area is 129 Å². The molecule has 5 heteroatoms. The molecule has 1 heterocycles. The normalized spacial score (nSPS) is 10.9. The minimum Gasteiger partial charge on any atom is -0.453 e. The molecule has 0 aliphatic carbocycles. The summed E-state index contributed by atoms with van der Waals surface area (Å²) >= 11 is 17.8. The smallest absolute Gasteiger partial charge is 0.229 e. The van der Waals surface area contributed by atoms with Gasteiger partial charge >= 0.3 is 0 Å². The van der Waals surface area contributed by atoms with Crippen LogP contribution in [-0.4, -0.2) is 5.78 Å². The van der Waals surface area contributed by atoms with Gasteiger partial charge in [0.15, 0.2) is 5.76 Å². The van der Waals surface area contributed by atoms with Crippen LogP contribution in [0.25, 0.3) is 11.0 Å². The highest BCUT2D eigenvalue weighted by Crippen LogP contribution is 2.27. The van der Waals surface area contributed by atoms with E-state index in [9.17, 15) is 4.79 Å². The van der Waals surface area contributed by atoms with Gasteiger partial charge in [0.25, 0.3) is 0 Å². The Morgan fingerprint density at radius 1 is 0.900 bits per heavy atom. The highest BCUT2D eigenvalue weighted by molar-refractivity contribution is 6.37. The van der Waals surface area contributed by atoms with Crippen molar-refractivity contribution in [3.63, 3.8) is 0 Å². The lowest BCUT2D eigenvalue weighted by atomic mass is 10.1. The third-order valence-electron chi connectivity index (χ3n) is 2.88. The Bertz CT molecular complexity index is 821. The monoisotopic (exact) mass is 324 g/mol. The van der Waals surface area contributed by atoms with Crippen molar-refractivity contribution >= 4 is 51.6 Å². The molecule has 2 aromatic carbocycles. The van der Waals surface area contributed by atoms with Crippen molar-refractivity contribution in [2.24, 2.45) is 0 Å². The standard InChI is InChI=1S/C15H7Cl3O2/c16-9-2-4-13-8(5-9)6-14(20-13)15(19)11-3-1-10(17)7-12(11)18/h1-7H. The third kappa shape index (κ3) is 2.42. The van der Waals surface area contributed by atoms with Gasteiger partial charge in [0, 0.05) is 21.0 Å². The molecule has 3 aromatic rings. The van der Waals surface area contributed by atoms with Gasteiger partial charge in [-0.25, -0.2) is 0 Å². The summed E-state index contributed by atoms with van der Waals surface area (Å²) in [6, 6.07) is 11.5. The number of carbonyl (C=O) groups is 1. The molecule has 0 aliphatic rings. The molecule has 0 bridgehead atoms. The van der Waals surface area contributed by atoms with Crippen LogP contribution in [0.15, 0.2) is 46.9 Å². The van der Waals surface area contributed by atoms with Gasteiger partial charge < -0.3 is 4.42 Å². The molecule has 100 valence electrons. The summed E-state index contributed by atoms with van der Waals surface area (Å²) < 4.78 is 5.52. The van der Waals surface area contributed by atoms with E-state index < -0.39 is 0 Å². The lowest BCUT2D eigenvalue weighted by Crippen LogP contribution is -2.00. The number of halogens is 3. The largest absolute Gasteiger partial charge is 0.453 e. The van der Waals surface area contributed by atoms with E-state index in [0.717, 1.165) is 5.39 Å². The number of carbonyl (C=O) groups excluding carboxylic acids is 1. The van der Waals surface area contributed by atoms with Crippen LogP contribution in [0.4, 0.5) is 0 Å². The first-order valence-electron chi connectivity index (χ1n) is 5.73. The minimum atomic E-state index is -0.293. The van der Waals surface area contributed by atoms with Crippen LogP contribution < -0.4 is 0 Å². The van der Waals surface area contributed by atoms with E-state index >= 15 is 0 Å². The molecule has 1 aromatic heterocycles. The molecule has 3 rings (SSSR count). The maximum atomic E-state index is 12.4. The van der Waals surface area contributed by atoms with Gasteiger partial charge in [0.05, 0.1) is 5.02 Å². The van der Waals surface area contributed by atoms with Gasteiger partial charge in [-0.05, 0) is 42.5 Å². The Morgan fingerprint density at radius 2 is 1.60 bits per heavy atom. The van der Waals surface area contributed by atoms with E-state index in [-0.39, 0.29) is 11.5 Å². The Balaban J connectivity index is 2.08. The van der Waals surface area contributed by atoms with Gasteiger partial charge in [-0.2, -0.15) is 0 Å². The van der Waals surface area contributed by atoms with Gasteiger partial charge in [0.1, 0.15) is 5.58 Å². The summed E-state index contributed by atoms with van der Waals surface area (Å²) in [6.45, 7) is 0. The van der Waals surface area contributed by atoms with E-state index in [0.29, 0.717) is 26.2 Å². The molecule has 0 unspecified atom stereocenters. The fraction of sp³-hybridized carbons (Fsp3) is 0. The zero-order valence-corrected chi connectivity index (χ0v) is 12.3. The number of furan rings is 1. The molecule has 0 radical (unpaired) electrons. The molecule has 0 aliphatic heterocycles. The number of rotatable bonds is 2. The van der Waals surface area contributed by atoms with Crippen LogP contribution in [-0.2, 0) is 0 Å². The zero-order valence-electron chi connectivity index (χ0n) is 9.99. The molecule has 0 atom stereocenters. The van der Waals surface area contributed by atoms with Gasteiger partial charge in [-0.15, -0.1) is 0 Å². The first-order chi connectivity index (χ1) is 9.54. The minimum absolute atomic E-state index is 0.214. The fourth-order valence-electron chi connectivity index (χ4n) is 1.93. The van der Waals surface area contributed by atoms with Crippen molar-refractivity contribution in [1.29, 1.82) is 0 Å². The molecule has 0 N–H and O–H groups in total. The van der Waals surface area contributed by atoms with Crippen molar-refractivity contribution < 1.29 is 9.21 Å². The van der Waals surface area contributed by atoms with Crippen LogP contribution in [0.5, 0.6) is 0 Å². The van der Waals surface area contributed by atoms with Crippen molar-refractivity contribution in [1.82, 2.24) is 0 Å². The van der Waals surface area contributed by atoms with E-state index in [2.05, 4.69) is 0 Å². The molecule has 20 heavy (non-hydrogen) atoms. The first-order valence-corrected chi connectivity index (χ1v) is 6.87. The lowest BCUT2D eigenvalue weighted by Gasteiger charge is -2.01. The van der Waals surface area contributed by atoms with Crippen molar-refractivity contribution in [2.45, 2.75) is 0 Å². The summed E-state index contributed by atoms with van der Waals surface area (Å²) in [5.74, 6) is -0.0783. The number of hydrogen-bond acceptors (Lipinski definition) is 2. The highest BCUT2D eigenvalue weighted by Gasteiger charge is 2.17. The molecule has 0 saturated heterocycles. The quantitative estimate of drug-likeness (QED) is 0.572. The van der Waals surface area contributed by atoms with Gasteiger partial charge in [-0.3, -0.25) is 4.79 Å². The second-order valence-electron chi connectivity index (χ2n) is 4.25. The van der Waals surface area contributed by atoms with E-state index in [1.165, 1.54) is 6.07 Å². The van der Waals surface area contributed by atoms with Crippen LogP contribution in [0.1, 0.15) is 16.1 Å². The van der Waals surface area contributed by atoms with Crippen LogP contribution >= 0.6 is 34.8 Å². The molecule has 0 saturated carbocycles. The van der Waals surface area contributed by atoms with Crippen LogP contribution in [0.2, 0.25) is 15.1 Å². The first kappa shape index (κ1) is 13.5. The highest BCUT2D eigenvalue weighted by atomic mass is 35.5. The van der Waals surface area contributed by atoms with Crippen molar-refractivity contribution in [3.05, 3.63) is 68.9 Å². The predicted molar refractivity (Wildman–Crippen MR) is 81.1 cm³/mol. The maximum absolute atomic E-state index is 12.4.